The largest absolute Gasteiger partial charge is 0.394 e. The normalized spacial score (nSPS) is 24.5. The second kappa shape index (κ2) is 6.35. The second-order valence-electron chi connectivity index (χ2n) is 5.37. The SMILES string of the molecule is Cc1ccc(C(N)C(=O)N2CC(CO)OCC2C)cc1. The van der Waals surface area contributed by atoms with Crippen LogP contribution in [0.25, 0.3) is 0 Å². The lowest BCUT2D eigenvalue weighted by atomic mass is 10.0. The molecule has 0 spiro atoms. The van der Waals surface area contributed by atoms with Crippen LogP contribution in [-0.4, -0.2) is 47.8 Å². The summed E-state index contributed by atoms with van der Waals surface area (Å²) in [6.45, 7) is 4.64. The van der Waals surface area contributed by atoms with Crippen molar-refractivity contribution in [2.45, 2.75) is 32.0 Å². The predicted octanol–water partition coefficient (Wildman–Crippen LogP) is 0.603. The number of aliphatic hydroxyl groups is 1. The molecule has 0 aromatic heterocycles. The van der Waals surface area contributed by atoms with E-state index in [9.17, 15) is 4.79 Å². The number of carbonyl (C=O) groups excluding carboxylic acids is 1. The van der Waals surface area contributed by atoms with Crippen LogP contribution in [0.1, 0.15) is 24.1 Å². The van der Waals surface area contributed by atoms with Gasteiger partial charge in [-0.15, -0.1) is 0 Å². The summed E-state index contributed by atoms with van der Waals surface area (Å²) in [5.41, 5.74) is 8.01. The molecular formula is C15H22N2O3. The third kappa shape index (κ3) is 3.17. The molecule has 1 aliphatic rings. The van der Waals surface area contributed by atoms with Gasteiger partial charge in [-0.1, -0.05) is 29.8 Å². The van der Waals surface area contributed by atoms with Crippen LogP contribution < -0.4 is 5.73 Å². The predicted molar refractivity (Wildman–Crippen MR) is 76.1 cm³/mol. The molecule has 1 aliphatic heterocycles. The van der Waals surface area contributed by atoms with Gasteiger partial charge in [-0.3, -0.25) is 4.79 Å². The van der Waals surface area contributed by atoms with Crippen LogP contribution in [0.15, 0.2) is 24.3 Å². The summed E-state index contributed by atoms with van der Waals surface area (Å²) in [7, 11) is 0. The molecular weight excluding hydrogens is 256 g/mol. The molecule has 3 atom stereocenters. The number of aryl methyl sites for hydroxylation is 1. The van der Waals surface area contributed by atoms with Crippen LogP contribution in [-0.2, 0) is 9.53 Å². The molecule has 1 heterocycles. The van der Waals surface area contributed by atoms with E-state index in [4.69, 9.17) is 15.6 Å². The summed E-state index contributed by atoms with van der Waals surface area (Å²) in [4.78, 5) is 14.2. The average Bonchev–Trinajstić information content (AvgIpc) is 2.47. The topological polar surface area (TPSA) is 75.8 Å². The first-order valence-corrected chi connectivity index (χ1v) is 6.88. The summed E-state index contributed by atoms with van der Waals surface area (Å²) in [5, 5.41) is 9.17. The number of nitrogens with two attached hydrogens (primary N) is 1. The second-order valence-corrected chi connectivity index (χ2v) is 5.37. The van der Waals surface area contributed by atoms with Crippen molar-refractivity contribution >= 4 is 5.91 Å². The highest BCUT2D eigenvalue weighted by molar-refractivity contribution is 5.83. The van der Waals surface area contributed by atoms with Gasteiger partial charge in [0.05, 0.1) is 25.4 Å². The first-order valence-electron chi connectivity index (χ1n) is 6.88. The molecule has 3 N–H and O–H groups in total. The number of carbonyl (C=O) groups is 1. The fourth-order valence-electron chi connectivity index (χ4n) is 2.33. The third-order valence-corrected chi connectivity index (χ3v) is 3.69. The molecule has 0 radical (unpaired) electrons. The van der Waals surface area contributed by atoms with E-state index in [0.29, 0.717) is 13.2 Å². The van der Waals surface area contributed by atoms with Gasteiger partial charge in [-0.05, 0) is 19.4 Å². The molecule has 2 rings (SSSR count). The minimum Gasteiger partial charge on any atom is -0.394 e. The minimum absolute atomic E-state index is 0.0261. The van der Waals surface area contributed by atoms with E-state index >= 15 is 0 Å². The summed E-state index contributed by atoms with van der Waals surface area (Å²) in [6.07, 6.45) is -0.319. The molecule has 1 aromatic rings. The van der Waals surface area contributed by atoms with Crippen molar-refractivity contribution in [2.75, 3.05) is 19.8 Å². The monoisotopic (exact) mass is 278 g/mol. The maximum atomic E-state index is 12.5. The van der Waals surface area contributed by atoms with Gasteiger partial charge in [0.15, 0.2) is 0 Å². The van der Waals surface area contributed by atoms with Crippen molar-refractivity contribution in [1.29, 1.82) is 0 Å². The molecule has 1 aromatic carbocycles. The molecule has 1 saturated heterocycles. The van der Waals surface area contributed by atoms with Crippen molar-refractivity contribution in [2.24, 2.45) is 5.73 Å². The Bertz CT molecular complexity index is 461. The lowest BCUT2D eigenvalue weighted by Gasteiger charge is -2.38. The fourth-order valence-corrected chi connectivity index (χ4v) is 2.33. The Morgan fingerprint density at radius 2 is 2.15 bits per heavy atom. The van der Waals surface area contributed by atoms with Crippen LogP contribution in [0.2, 0.25) is 0 Å². The van der Waals surface area contributed by atoms with Crippen LogP contribution in [0.5, 0.6) is 0 Å². The number of ether oxygens (including phenoxy) is 1. The molecule has 110 valence electrons. The summed E-state index contributed by atoms with van der Waals surface area (Å²) in [5.74, 6) is -0.122. The number of nitrogens with zero attached hydrogens (tertiary/aromatic N) is 1. The Morgan fingerprint density at radius 1 is 1.50 bits per heavy atom. The number of hydrogen-bond acceptors (Lipinski definition) is 4. The van der Waals surface area contributed by atoms with E-state index in [-0.39, 0.29) is 24.7 Å². The molecule has 1 amide bonds. The number of hydrogen-bond donors (Lipinski definition) is 2. The van der Waals surface area contributed by atoms with Crippen LogP contribution in [0, 0.1) is 6.92 Å². The molecule has 3 unspecified atom stereocenters. The van der Waals surface area contributed by atoms with Crippen molar-refractivity contribution in [3.05, 3.63) is 35.4 Å². The van der Waals surface area contributed by atoms with Gasteiger partial charge in [0.1, 0.15) is 6.04 Å². The van der Waals surface area contributed by atoms with Gasteiger partial charge >= 0.3 is 0 Å². The lowest BCUT2D eigenvalue weighted by Crippen LogP contribution is -2.54. The Hall–Kier alpha value is -1.43. The van der Waals surface area contributed by atoms with E-state index in [1.807, 2.05) is 38.1 Å². The first kappa shape index (κ1) is 15.0. The summed E-state index contributed by atoms with van der Waals surface area (Å²) >= 11 is 0. The van der Waals surface area contributed by atoms with Crippen molar-refractivity contribution in [1.82, 2.24) is 4.90 Å². The fraction of sp³-hybridized carbons (Fsp3) is 0.533. The van der Waals surface area contributed by atoms with Crippen molar-refractivity contribution in [3.8, 4) is 0 Å². The van der Waals surface area contributed by atoms with E-state index in [2.05, 4.69) is 0 Å². The molecule has 1 fully saturated rings. The number of benzene rings is 1. The van der Waals surface area contributed by atoms with Gasteiger partial charge < -0.3 is 20.5 Å². The van der Waals surface area contributed by atoms with Crippen molar-refractivity contribution in [3.63, 3.8) is 0 Å². The van der Waals surface area contributed by atoms with Gasteiger partial charge in [-0.2, -0.15) is 0 Å². The van der Waals surface area contributed by atoms with E-state index in [1.165, 1.54) is 0 Å². The van der Waals surface area contributed by atoms with E-state index in [0.717, 1.165) is 11.1 Å². The molecule has 5 heteroatoms. The summed E-state index contributed by atoms with van der Waals surface area (Å²) < 4.78 is 5.44. The van der Waals surface area contributed by atoms with Gasteiger partial charge in [0.25, 0.3) is 0 Å². The summed E-state index contributed by atoms with van der Waals surface area (Å²) in [6, 6.07) is 6.96. The van der Waals surface area contributed by atoms with Gasteiger partial charge in [-0.25, -0.2) is 0 Å². The third-order valence-electron chi connectivity index (χ3n) is 3.69. The lowest BCUT2D eigenvalue weighted by molar-refractivity contribution is -0.147. The van der Waals surface area contributed by atoms with E-state index < -0.39 is 6.04 Å². The Morgan fingerprint density at radius 3 is 2.75 bits per heavy atom. The molecule has 0 bridgehead atoms. The zero-order chi connectivity index (χ0) is 14.7. The van der Waals surface area contributed by atoms with E-state index in [1.54, 1.807) is 4.90 Å². The zero-order valence-corrected chi connectivity index (χ0v) is 12.0. The molecule has 20 heavy (non-hydrogen) atoms. The zero-order valence-electron chi connectivity index (χ0n) is 12.0. The number of rotatable bonds is 3. The van der Waals surface area contributed by atoms with Gasteiger partial charge in [0, 0.05) is 6.54 Å². The highest BCUT2D eigenvalue weighted by atomic mass is 16.5. The Balaban J connectivity index is 2.10. The maximum Gasteiger partial charge on any atom is 0.244 e. The Labute approximate surface area is 119 Å². The first-order chi connectivity index (χ1) is 9.52. The quantitative estimate of drug-likeness (QED) is 0.849. The van der Waals surface area contributed by atoms with Crippen LogP contribution >= 0.6 is 0 Å². The Kier molecular flexibility index (Phi) is 4.75. The molecule has 0 saturated carbocycles. The standard InChI is InChI=1S/C15H22N2O3/c1-10-3-5-12(6-4-10)14(16)15(19)17-7-13(8-18)20-9-11(17)2/h3-6,11,13-14,18H,7-9,16H2,1-2H3. The highest BCUT2D eigenvalue weighted by Crippen LogP contribution is 2.19. The van der Waals surface area contributed by atoms with Crippen LogP contribution in [0.4, 0.5) is 0 Å². The molecule has 0 aliphatic carbocycles. The minimum atomic E-state index is -0.671. The number of aliphatic hydroxyl groups excluding tert-OH is 1. The maximum absolute atomic E-state index is 12.5. The molecule has 5 nitrogen and oxygen atoms in total. The smallest absolute Gasteiger partial charge is 0.244 e. The van der Waals surface area contributed by atoms with Crippen molar-refractivity contribution < 1.29 is 14.6 Å². The number of amides is 1. The highest BCUT2D eigenvalue weighted by Gasteiger charge is 2.32. The van der Waals surface area contributed by atoms with Crippen LogP contribution in [0.3, 0.4) is 0 Å². The number of morpholine rings is 1. The van der Waals surface area contributed by atoms with Gasteiger partial charge in [0.2, 0.25) is 5.91 Å². The average molecular weight is 278 g/mol.